The van der Waals surface area contributed by atoms with Crippen LogP contribution in [0.15, 0.2) is 48.9 Å². The van der Waals surface area contributed by atoms with Crippen molar-refractivity contribution in [3.05, 3.63) is 65.7 Å². The van der Waals surface area contributed by atoms with Crippen LogP contribution >= 0.6 is 0 Å². The van der Waals surface area contributed by atoms with Crippen LogP contribution in [0.3, 0.4) is 0 Å². The second-order valence-electron chi connectivity index (χ2n) is 5.35. The molecule has 0 fully saturated rings. The van der Waals surface area contributed by atoms with Crippen LogP contribution in [0.2, 0.25) is 0 Å². The Morgan fingerprint density at radius 1 is 1.23 bits per heavy atom. The summed E-state index contributed by atoms with van der Waals surface area (Å²) in [6.45, 7) is 4.12. The second-order valence-corrected chi connectivity index (χ2v) is 5.35. The summed E-state index contributed by atoms with van der Waals surface area (Å²) in [7, 11) is 1.96. The molecule has 0 aliphatic rings. The molecule has 0 radical (unpaired) electrons. The molecule has 0 saturated carbocycles. The fourth-order valence-electron chi connectivity index (χ4n) is 2.67. The van der Waals surface area contributed by atoms with Crippen LogP contribution in [0.1, 0.15) is 16.8 Å². The number of aryl methyl sites for hydroxylation is 2. The van der Waals surface area contributed by atoms with Gasteiger partial charge in [-0.2, -0.15) is 9.83 Å². The standard InChI is InChI=1S/C18H17N4/c1-13-6-4-5-8-22(13)17-11-15(12-19)10-16(14(17)2)18-20-7-9-21(18)3/h4-11H,1-3H3/q+1. The van der Waals surface area contributed by atoms with Gasteiger partial charge in [0.1, 0.15) is 5.82 Å². The fourth-order valence-corrected chi connectivity index (χ4v) is 2.67. The Balaban J connectivity index is 2.31. The van der Waals surface area contributed by atoms with Gasteiger partial charge in [0.05, 0.1) is 11.6 Å². The van der Waals surface area contributed by atoms with Gasteiger partial charge in [-0.1, -0.05) is 6.07 Å². The number of hydrogen-bond donors (Lipinski definition) is 0. The third-order valence-corrected chi connectivity index (χ3v) is 3.89. The fraction of sp³-hybridized carbons (Fsp3) is 0.167. The molecule has 0 saturated heterocycles. The molecule has 0 aliphatic heterocycles. The Labute approximate surface area is 129 Å². The summed E-state index contributed by atoms with van der Waals surface area (Å²) in [4.78, 5) is 4.42. The van der Waals surface area contributed by atoms with Crippen molar-refractivity contribution in [2.75, 3.05) is 0 Å². The lowest BCUT2D eigenvalue weighted by atomic mass is 10.0. The number of hydrogen-bond acceptors (Lipinski definition) is 2. The number of benzene rings is 1. The molecule has 2 aromatic heterocycles. The molecular weight excluding hydrogens is 272 g/mol. The smallest absolute Gasteiger partial charge is 0.215 e. The molecule has 0 atom stereocenters. The molecule has 4 heteroatoms. The summed E-state index contributed by atoms with van der Waals surface area (Å²) in [5.74, 6) is 0.866. The van der Waals surface area contributed by atoms with E-state index >= 15 is 0 Å². The molecule has 0 aliphatic carbocycles. The van der Waals surface area contributed by atoms with E-state index in [1.54, 1.807) is 6.20 Å². The molecule has 2 heterocycles. The Morgan fingerprint density at radius 2 is 2.05 bits per heavy atom. The molecule has 3 rings (SSSR count). The third kappa shape index (κ3) is 2.27. The van der Waals surface area contributed by atoms with E-state index < -0.39 is 0 Å². The summed E-state index contributed by atoms with van der Waals surface area (Å²) in [6.07, 6.45) is 5.70. The summed E-state index contributed by atoms with van der Waals surface area (Å²) in [5.41, 5.74) is 4.85. The van der Waals surface area contributed by atoms with Crippen LogP contribution in [-0.2, 0) is 7.05 Å². The quantitative estimate of drug-likeness (QED) is 0.681. The number of nitrogens with zero attached hydrogens (tertiary/aromatic N) is 4. The number of rotatable bonds is 2. The van der Waals surface area contributed by atoms with E-state index in [0.29, 0.717) is 5.56 Å². The van der Waals surface area contributed by atoms with E-state index in [9.17, 15) is 5.26 Å². The van der Waals surface area contributed by atoms with Crippen molar-refractivity contribution in [1.82, 2.24) is 9.55 Å². The Morgan fingerprint density at radius 3 is 2.68 bits per heavy atom. The summed E-state index contributed by atoms with van der Waals surface area (Å²) in [5, 5.41) is 9.37. The van der Waals surface area contributed by atoms with Gasteiger partial charge < -0.3 is 4.57 Å². The topological polar surface area (TPSA) is 45.5 Å². The zero-order valence-electron chi connectivity index (χ0n) is 12.9. The SMILES string of the molecule is Cc1c(-c2nccn2C)cc(C#N)cc1-[n+]1ccccc1C. The minimum Gasteiger partial charge on any atom is -0.334 e. The maximum Gasteiger partial charge on any atom is 0.215 e. The van der Waals surface area contributed by atoms with Gasteiger partial charge in [-0.25, -0.2) is 4.98 Å². The lowest BCUT2D eigenvalue weighted by Crippen LogP contribution is -2.34. The molecule has 0 N–H and O–H groups in total. The first-order valence-electron chi connectivity index (χ1n) is 7.12. The molecular formula is C18H17N4+. The van der Waals surface area contributed by atoms with Crippen molar-refractivity contribution in [3.8, 4) is 23.1 Å². The van der Waals surface area contributed by atoms with Gasteiger partial charge in [0, 0.05) is 55.7 Å². The molecule has 3 aromatic rings. The van der Waals surface area contributed by atoms with Gasteiger partial charge in [0.2, 0.25) is 5.69 Å². The van der Waals surface area contributed by atoms with Gasteiger partial charge in [0.15, 0.2) is 11.9 Å². The van der Waals surface area contributed by atoms with E-state index in [4.69, 9.17) is 0 Å². The molecule has 108 valence electrons. The molecule has 0 amide bonds. The van der Waals surface area contributed by atoms with Crippen molar-refractivity contribution in [2.24, 2.45) is 7.05 Å². The Hall–Kier alpha value is -2.93. The van der Waals surface area contributed by atoms with E-state index in [-0.39, 0.29) is 0 Å². The second kappa shape index (κ2) is 5.45. The predicted octanol–water partition coefficient (Wildman–Crippen LogP) is 2.85. The van der Waals surface area contributed by atoms with E-state index in [1.807, 2.05) is 48.3 Å². The maximum atomic E-state index is 9.37. The van der Waals surface area contributed by atoms with Crippen molar-refractivity contribution in [3.63, 3.8) is 0 Å². The van der Waals surface area contributed by atoms with Gasteiger partial charge in [-0.3, -0.25) is 0 Å². The number of pyridine rings is 1. The molecule has 4 nitrogen and oxygen atoms in total. The van der Waals surface area contributed by atoms with Gasteiger partial charge in [-0.05, 0) is 13.0 Å². The van der Waals surface area contributed by atoms with E-state index in [0.717, 1.165) is 28.3 Å². The van der Waals surface area contributed by atoms with E-state index in [1.165, 1.54) is 0 Å². The highest BCUT2D eigenvalue weighted by molar-refractivity contribution is 5.67. The number of aromatic nitrogens is 3. The largest absolute Gasteiger partial charge is 0.334 e. The predicted molar refractivity (Wildman–Crippen MR) is 84.4 cm³/mol. The van der Waals surface area contributed by atoms with Crippen LogP contribution in [0.5, 0.6) is 0 Å². The molecule has 0 bridgehead atoms. The first kappa shape index (κ1) is 14.0. The highest BCUT2D eigenvalue weighted by Crippen LogP contribution is 2.26. The van der Waals surface area contributed by atoms with Crippen LogP contribution in [-0.4, -0.2) is 9.55 Å². The zero-order chi connectivity index (χ0) is 15.7. The van der Waals surface area contributed by atoms with Crippen LogP contribution < -0.4 is 4.57 Å². The minimum absolute atomic E-state index is 0.634. The van der Waals surface area contributed by atoms with Crippen molar-refractivity contribution < 1.29 is 4.57 Å². The Kier molecular flexibility index (Phi) is 3.48. The lowest BCUT2D eigenvalue weighted by Gasteiger charge is -2.10. The van der Waals surface area contributed by atoms with Gasteiger partial charge >= 0.3 is 0 Å². The third-order valence-electron chi connectivity index (χ3n) is 3.89. The highest BCUT2D eigenvalue weighted by Gasteiger charge is 2.19. The monoisotopic (exact) mass is 289 g/mol. The van der Waals surface area contributed by atoms with Crippen LogP contribution in [0.25, 0.3) is 17.1 Å². The number of imidazole rings is 1. The number of nitriles is 1. The average molecular weight is 289 g/mol. The van der Waals surface area contributed by atoms with Gasteiger partial charge in [0.25, 0.3) is 0 Å². The molecule has 0 unspecified atom stereocenters. The maximum absolute atomic E-state index is 9.37. The first-order valence-corrected chi connectivity index (χ1v) is 7.12. The minimum atomic E-state index is 0.634. The lowest BCUT2D eigenvalue weighted by molar-refractivity contribution is -0.603. The van der Waals surface area contributed by atoms with Crippen LogP contribution in [0, 0.1) is 25.2 Å². The molecule has 0 spiro atoms. The van der Waals surface area contributed by atoms with Crippen LogP contribution in [0.4, 0.5) is 0 Å². The summed E-state index contributed by atoms with van der Waals surface area (Å²) in [6, 6.07) is 12.1. The van der Waals surface area contributed by atoms with Crippen molar-refractivity contribution in [1.29, 1.82) is 5.26 Å². The first-order chi connectivity index (χ1) is 10.6. The highest BCUT2D eigenvalue weighted by atomic mass is 15.0. The zero-order valence-corrected chi connectivity index (χ0v) is 12.9. The molecule has 1 aromatic carbocycles. The average Bonchev–Trinajstić information content (AvgIpc) is 2.94. The normalized spacial score (nSPS) is 10.5. The van der Waals surface area contributed by atoms with Crippen molar-refractivity contribution >= 4 is 0 Å². The summed E-state index contributed by atoms with van der Waals surface area (Å²) >= 11 is 0. The summed E-state index contributed by atoms with van der Waals surface area (Å²) < 4.78 is 4.07. The molecule has 22 heavy (non-hydrogen) atoms. The Bertz CT molecular complexity index is 884. The van der Waals surface area contributed by atoms with E-state index in [2.05, 4.69) is 35.5 Å². The van der Waals surface area contributed by atoms with Crippen molar-refractivity contribution in [2.45, 2.75) is 13.8 Å². The van der Waals surface area contributed by atoms with Gasteiger partial charge in [-0.15, -0.1) is 0 Å².